The standard InChI is InChI=1S/C14H26O4/c1-6-7-8-18-14(17)12(10(4)5)11(9(2)3)13(15)16/h9-12H,6-8H2,1-5H3,(H,15,16)/t11-,12+/m0/s1. The maximum Gasteiger partial charge on any atom is 0.310 e. The van der Waals surface area contributed by atoms with Gasteiger partial charge in [0.05, 0.1) is 18.4 Å². The van der Waals surface area contributed by atoms with Crippen LogP contribution in [0.3, 0.4) is 0 Å². The van der Waals surface area contributed by atoms with Crippen LogP contribution in [-0.4, -0.2) is 23.7 Å². The molecular weight excluding hydrogens is 232 g/mol. The second kappa shape index (κ2) is 8.11. The minimum atomic E-state index is -0.920. The first-order valence-corrected chi connectivity index (χ1v) is 6.72. The fourth-order valence-electron chi connectivity index (χ4n) is 2.10. The third-order valence-electron chi connectivity index (χ3n) is 3.12. The van der Waals surface area contributed by atoms with Gasteiger partial charge in [0.2, 0.25) is 0 Å². The highest BCUT2D eigenvalue weighted by atomic mass is 16.5. The Morgan fingerprint density at radius 2 is 1.56 bits per heavy atom. The monoisotopic (exact) mass is 258 g/mol. The van der Waals surface area contributed by atoms with Crippen molar-refractivity contribution >= 4 is 11.9 Å². The average molecular weight is 258 g/mol. The summed E-state index contributed by atoms with van der Waals surface area (Å²) >= 11 is 0. The number of rotatable bonds is 8. The number of carbonyl (C=O) groups is 2. The van der Waals surface area contributed by atoms with Crippen LogP contribution in [-0.2, 0) is 14.3 Å². The van der Waals surface area contributed by atoms with Gasteiger partial charge < -0.3 is 9.84 Å². The van der Waals surface area contributed by atoms with Crippen LogP contribution in [0.15, 0.2) is 0 Å². The Kier molecular flexibility index (Phi) is 7.64. The molecule has 2 atom stereocenters. The molecule has 0 aliphatic heterocycles. The molecule has 0 aromatic rings. The number of esters is 1. The molecule has 0 aliphatic rings. The summed E-state index contributed by atoms with van der Waals surface area (Å²) in [6, 6.07) is 0. The molecule has 0 rings (SSSR count). The molecule has 106 valence electrons. The molecule has 0 unspecified atom stereocenters. The van der Waals surface area contributed by atoms with Gasteiger partial charge in [-0.3, -0.25) is 9.59 Å². The van der Waals surface area contributed by atoms with E-state index in [2.05, 4.69) is 0 Å². The quantitative estimate of drug-likeness (QED) is 0.537. The van der Waals surface area contributed by atoms with E-state index in [0.717, 1.165) is 12.8 Å². The Balaban J connectivity index is 4.82. The predicted octanol–water partition coefficient (Wildman–Crippen LogP) is 2.96. The lowest BCUT2D eigenvalue weighted by molar-refractivity contribution is -0.161. The number of aliphatic carboxylic acids is 1. The number of hydrogen-bond donors (Lipinski definition) is 1. The molecule has 0 bridgehead atoms. The minimum Gasteiger partial charge on any atom is -0.481 e. The molecule has 0 radical (unpaired) electrons. The molecule has 0 saturated carbocycles. The average Bonchev–Trinajstić information content (AvgIpc) is 2.24. The summed E-state index contributed by atoms with van der Waals surface area (Å²) in [6.07, 6.45) is 1.77. The zero-order chi connectivity index (χ0) is 14.3. The van der Waals surface area contributed by atoms with Gasteiger partial charge in [0, 0.05) is 0 Å². The number of unbranched alkanes of at least 4 members (excludes halogenated alkanes) is 1. The summed E-state index contributed by atoms with van der Waals surface area (Å²) in [6.45, 7) is 9.78. The largest absolute Gasteiger partial charge is 0.481 e. The van der Waals surface area contributed by atoms with E-state index in [9.17, 15) is 14.7 Å². The van der Waals surface area contributed by atoms with Gasteiger partial charge in [-0.1, -0.05) is 41.0 Å². The van der Waals surface area contributed by atoms with E-state index in [1.165, 1.54) is 0 Å². The van der Waals surface area contributed by atoms with Crippen LogP contribution in [0.1, 0.15) is 47.5 Å². The fraction of sp³-hybridized carbons (Fsp3) is 0.857. The van der Waals surface area contributed by atoms with E-state index in [0.29, 0.717) is 6.61 Å². The van der Waals surface area contributed by atoms with Crippen molar-refractivity contribution in [3.05, 3.63) is 0 Å². The van der Waals surface area contributed by atoms with Gasteiger partial charge in [0.25, 0.3) is 0 Å². The van der Waals surface area contributed by atoms with Crippen LogP contribution in [0.5, 0.6) is 0 Å². The first kappa shape index (κ1) is 16.9. The molecule has 0 amide bonds. The van der Waals surface area contributed by atoms with Crippen molar-refractivity contribution in [3.8, 4) is 0 Å². The second-order valence-corrected chi connectivity index (χ2v) is 5.40. The van der Waals surface area contributed by atoms with Gasteiger partial charge >= 0.3 is 11.9 Å². The molecule has 18 heavy (non-hydrogen) atoms. The van der Waals surface area contributed by atoms with E-state index in [1.54, 1.807) is 0 Å². The van der Waals surface area contributed by atoms with Crippen LogP contribution in [0, 0.1) is 23.7 Å². The number of carboxylic acids is 1. The molecule has 1 N–H and O–H groups in total. The lowest BCUT2D eigenvalue weighted by Gasteiger charge is -2.28. The Bertz CT molecular complexity index is 271. The van der Waals surface area contributed by atoms with Crippen molar-refractivity contribution in [2.75, 3.05) is 6.61 Å². The zero-order valence-corrected chi connectivity index (χ0v) is 12.1. The number of carboxylic acid groups (broad SMARTS) is 1. The Morgan fingerprint density at radius 3 is 1.89 bits per heavy atom. The molecule has 4 nitrogen and oxygen atoms in total. The smallest absolute Gasteiger partial charge is 0.310 e. The molecule has 0 aromatic heterocycles. The summed E-state index contributed by atoms with van der Waals surface area (Å²) < 4.78 is 5.18. The zero-order valence-electron chi connectivity index (χ0n) is 12.1. The molecular formula is C14H26O4. The lowest BCUT2D eigenvalue weighted by atomic mass is 9.77. The summed E-state index contributed by atoms with van der Waals surface area (Å²) in [5, 5.41) is 9.28. The molecule has 0 fully saturated rings. The summed E-state index contributed by atoms with van der Waals surface area (Å²) in [4.78, 5) is 23.3. The highest BCUT2D eigenvalue weighted by molar-refractivity contribution is 5.81. The van der Waals surface area contributed by atoms with E-state index in [4.69, 9.17) is 4.74 Å². The topological polar surface area (TPSA) is 63.6 Å². The van der Waals surface area contributed by atoms with Gasteiger partial charge in [-0.15, -0.1) is 0 Å². The highest BCUT2D eigenvalue weighted by Crippen LogP contribution is 2.29. The Hall–Kier alpha value is -1.06. The van der Waals surface area contributed by atoms with Crippen LogP contribution in [0.4, 0.5) is 0 Å². The van der Waals surface area contributed by atoms with E-state index in [1.807, 2.05) is 34.6 Å². The normalized spacial score (nSPS) is 14.6. The van der Waals surface area contributed by atoms with E-state index >= 15 is 0 Å². The van der Waals surface area contributed by atoms with Crippen LogP contribution < -0.4 is 0 Å². The van der Waals surface area contributed by atoms with Crippen molar-refractivity contribution in [2.24, 2.45) is 23.7 Å². The summed E-state index contributed by atoms with van der Waals surface area (Å²) in [5.41, 5.74) is 0. The van der Waals surface area contributed by atoms with Crippen molar-refractivity contribution in [2.45, 2.75) is 47.5 Å². The van der Waals surface area contributed by atoms with Gasteiger partial charge in [0.1, 0.15) is 0 Å². The van der Waals surface area contributed by atoms with Crippen LogP contribution in [0.2, 0.25) is 0 Å². The van der Waals surface area contributed by atoms with Crippen LogP contribution >= 0.6 is 0 Å². The van der Waals surface area contributed by atoms with Gasteiger partial charge in [0.15, 0.2) is 0 Å². The molecule has 0 spiro atoms. The third kappa shape index (κ3) is 5.07. The first-order valence-electron chi connectivity index (χ1n) is 6.72. The molecule has 0 aliphatic carbocycles. The van der Waals surface area contributed by atoms with Crippen molar-refractivity contribution < 1.29 is 19.4 Å². The van der Waals surface area contributed by atoms with Gasteiger partial charge in [-0.25, -0.2) is 0 Å². The van der Waals surface area contributed by atoms with E-state index < -0.39 is 17.8 Å². The number of hydrogen-bond acceptors (Lipinski definition) is 3. The van der Waals surface area contributed by atoms with E-state index in [-0.39, 0.29) is 17.8 Å². The SMILES string of the molecule is CCCCOC(=O)[C@H](C(C)C)[C@@H](C(=O)O)C(C)C. The first-order chi connectivity index (χ1) is 8.32. The highest BCUT2D eigenvalue weighted by Gasteiger charge is 2.38. The Labute approximate surface area is 110 Å². The Morgan fingerprint density at radius 1 is 1.06 bits per heavy atom. The minimum absolute atomic E-state index is 0.0392. The van der Waals surface area contributed by atoms with Crippen molar-refractivity contribution in [3.63, 3.8) is 0 Å². The third-order valence-corrected chi connectivity index (χ3v) is 3.12. The number of carbonyl (C=O) groups excluding carboxylic acids is 1. The summed E-state index contributed by atoms with van der Waals surface area (Å²) in [5.74, 6) is -2.68. The number of ether oxygens (including phenoxy) is 1. The van der Waals surface area contributed by atoms with Crippen molar-refractivity contribution in [1.29, 1.82) is 0 Å². The predicted molar refractivity (Wildman–Crippen MR) is 70.2 cm³/mol. The maximum absolute atomic E-state index is 12.0. The van der Waals surface area contributed by atoms with Crippen LogP contribution in [0.25, 0.3) is 0 Å². The summed E-state index contributed by atoms with van der Waals surface area (Å²) in [7, 11) is 0. The van der Waals surface area contributed by atoms with Gasteiger partial charge in [-0.05, 0) is 18.3 Å². The molecule has 0 saturated heterocycles. The van der Waals surface area contributed by atoms with Gasteiger partial charge in [-0.2, -0.15) is 0 Å². The maximum atomic E-state index is 12.0. The lowest BCUT2D eigenvalue weighted by Crippen LogP contribution is -2.38. The molecule has 0 aromatic carbocycles. The molecule has 4 heteroatoms. The molecule has 0 heterocycles. The second-order valence-electron chi connectivity index (χ2n) is 5.40. The van der Waals surface area contributed by atoms with Crippen molar-refractivity contribution in [1.82, 2.24) is 0 Å². The fourth-order valence-corrected chi connectivity index (χ4v) is 2.10.